The first kappa shape index (κ1) is 20.3. The molecule has 3 aromatic heterocycles. The van der Waals surface area contributed by atoms with Crippen LogP contribution in [-0.4, -0.2) is 19.7 Å². The molecule has 0 spiro atoms. The van der Waals surface area contributed by atoms with Gasteiger partial charge < -0.3 is 8.83 Å². The summed E-state index contributed by atoms with van der Waals surface area (Å²) >= 11 is 1.48. The molecule has 0 aliphatic carbocycles. The number of rotatable bonds is 7. The maximum atomic E-state index is 14.5. The van der Waals surface area contributed by atoms with Crippen LogP contribution in [0.2, 0.25) is 0 Å². The van der Waals surface area contributed by atoms with E-state index in [9.17, 15) is 4.39 Å². The molecule has 0 aliphatic heterocycles. The van der Waals surface area contributed by atoms with Crippen molar-refractivity contribution in [3.8, 4) is 23.0 Å². The molecule has 5 rings (SSSR count). The Balaban J connectivity index is 1.46. The van der Waals surface area contributed by atoms with E-state index in [1.165, 1.54) is 17.8 Å². The van der Waals surface area contributed by atoms with Crippen LogP contribution in [0.4, 0.5) is 4.39 Å². The molecule has 8 heteroatoms. The highest BCUT2D eigenvalue weighted by Gasteiger charge is 2.19. The summed E-state index contributed by atoms with van der Waals surface area (Å²) in [6.07, 6.45) is 1.58. The average Bonchev–Trinajstić information content (AvgIpc) is 3.54. The van der Waals surface area contributed by atoms with Gasteiger partial charge in [0.2, 0.25) is 0 Å². The monoisotopic (exact) mass is 446 g/mol. The summed E-state index contributed by atoms with van der Waals surface area (Å²) in [5.41, 5.74) is 2.29. The minimum Gasteiger partial charge on any atom is -0.459 e. The van der Waals surface area contributed by atoms with E-state index < -0.39 is 0 Å². The van der Waals surface area contributed by atoms with Gasteiger partial charge in [0.05, 0.1) is 24.1 Å². The van der Waals surface area contributed by atoms with Crippen LogP contribution in [-0.2, 0) is 12.3 Å². The number of aryl methyl sites for hydroxylation is 1. The van der Waals surface area contributed by atoms with Gasteiger partial charge in [0.1, 0.15) is 11.6 Å². The topological polar surface area (TPSA) is 69.9 Å². The van der Waals surface area contributed by atoms with Crippen molar-refractivity contribution in [2.45, 2.75) is 24.4 Å². The SMILES string of the molecule is Cc1oc(-c2ccco2)nc1CSc1nnc(-c2ccccc2F)n1Cc1ccccc1. The van der Waals surface area contributed by atoms with Crippen molar-refractivity contribution < 1.29 is 13.2 Å². The zero-order valence-corrected chi connectivity index (χ0v) is 18.1. The van der Waals surface area contributed by atoms with Gasteiger partial charge in [-0.05, 0) is 36.8 Å². The van der Waals surface area contributed by atoms with Crippen molar-refractivity contribution in [3.05, 3.63) is 95.8 Å². The molecular weight excluding hydrogens is 427 g/mol. The van der Waals surface area contributed by atoms with Crippen LogP contribution in [0.3, 0.4) is 0 Å². The summed E-state index contributed by atoms with van der Waals surface area (Å²) in [5, 5.41) is 9.36. The smallest absolute Gasteiger partial charge is 0.263 e. The Labute approximate surface area is 188 Å². The number of furan rings is 1. The third-order valence-electron chi connectivity index (χ3n) is 4.98. The van der Waals surface area contributed by atoms with Crippen molar-refractivity contribution in [1.82, 2.24) is 19.7 Å². The molecule has 0 unspecified atom stereocenters. The number of hydrogen-bond acceptors (Lipinski definition) is 6. The number of halogens is 1. The number of thioether (sulfide) groups is 1. The lowest BCUT2D eigenvalue weighted by Crippen LogP contribution is -2.05. The van der Waals surface area contributed by atoms with E-state index in [1.54, 1.807) is 36.6 Å². The Kier molecular flexibility index (Phi) is 5.60. The molecule has 0 atom stereocenters. The van der Waals surface area contributed by atoms with Crippen LogP contribution in [0.1, 0.15) is 17.0 Å². The third kappa shape index (κ3) is 4.09. The average molecular weight is 447 g/mol. The lowest BCUT2D eigenvalue weighted by atomic mass is 10.2. The minimum absolute atomic E-state index is 0.332. The molecule has 2 aromatic carbocycles. The fourth-order valence-corrected chi connectivity index (χ4v) is 4.29. The normalized spacial score (nSPS) is 11.2. The first-order chi connectivity index (χ1) is 15.7. The molecule has 0 fully saturated rings. The summed E-state index contributed by atoms with van der Waals surface area (Å²) in [6, 6.07) is 20.2. The molecule has 0 radical (unpaired) electrons. The summed E-state index contributed by atoms with van der Waals surface area (Å²) in [7, 11) is 0. The first-order valence-electron chi connectivity index (χ1n) is 10.0. The Morgan fingerprint density at radius 2 is 1.78 bits per heavy atom. The van der Waals surface area contributed by atoms with Crippen LogP contribution in [0.5, 0.6) is 0 Å². The van der Waals surface area contributed by atoms with E-state index >= 15 is 0 Å². The standard InChI is InChI=1S/C24H19FN4O2S/c1-16-20(26-23(31-16)21-12-7-13-30-21)15-32-24-28-27-22(18-10-5-6-11-19(18)25)29(24)14-17-8-3-2-4-9-17/h2-13H,14-15H2,1H3. The van der Waals surface area contributed by atoms with Gasteiger partial charge >= 0.3 is 0 Å². The highest BCUT2D eigenvalue weighted by Crippen LogP contribution is 2.30. The van der Waals surface area contributed by atoms with Crippen molar-refractivity contribution in [2.75, 3.05) is 0 Å². The number of hydrogen-bond donors (Lipinski definition) is 0. The third-order valence-corrected chi connectivity index (χ3v) is 5.96. The predicted octanol–water partition coefficient (Wildman–Crippen LogP) is 5.98. The molecule has 0 saturated heterocycles. The molecule has 32 heavy (non-hydrogen) atoms. The number of aromatic nitrogens is 4. The molecule has 0 aliphatic rings. The lowest BCUT2D eigenvalue weighted by Gasteiger charge is -2.11. The van der Waals surface area contributed by atoms with Gasteiger partial charge in [-0.2, -0.15) is 0 Å². The van der Waals surface area contributed by atoms with Gasteiger partial charge in [0, 0.05) is 5.75 Å². The minimum atomic E-state index is -0.332. The molecule has 0 N–H and O–H groups in total. The quantitative estimate of drug-likeness (QED) is 0.286. The highest BCUT2D eigenvalue weighted by molar-refractivity contribution is 7.98. The summed E-state index contributed by atoms with van der Waals surface area (Å²) in [5.74, 6) is 2.43. The summed E-state index contributed by atoms with van der Waals surface area (Å²) < 4.78 is 27.6. The van der Waals surface area contributed by atoms with Crippen LogP contribution < -0.4 is 0 Å². The molecule has 6 nitrogen and oxygen atoms in total. The Morgan fingerprint density at radius 1 is 0.969 bits per heavy atom. The largest absolute Gasteiger partial charge is 0.459 e. The van der Waals surface area contributed by atoms with Crippen LogP contribution in [0.15, 0.2) is 87.0 Å². The molecule has 0 saturated carbocycles. The first-order valence-corrected chi connectivity index (χ1v) is 11.0. The highest BCUT2D eigenvalue weighted by atomic mass is 32.2. The molecule has 160 valence electrons. The lowest BCUT2D eigenvalue weighted by molar-refractivity contribution is 0.500. The van der Waals surface area contributed by atoms with Gasteiger partial charge in [-0.25, -0.2) is 9.37 Å². The summed E-state index contributed by atoms with van der Waals surface area (Å²) in [6.45, 7) is 2.39. The molecular formula is C24H19FN4O2S. The van der Waals surface area contributed by atoms with Gasteiger partial charge in [0.25, 0.3) is 5.89 Å². The second kappa shape index (κ2) is 8.84. The second-order valence-corrected chi connectivity index (χ2v) is 8.09. The Morgan fingerprint density at radius 3 is 2.56 bits per heavy atom. The van der Waals surface area contributed by atoms with Crippen molar-refractivity contribution in [3.63, 3.8) is 0 Å². The van der Waals surface area contributed by atoms with E-state index in [0.29, 0.717) is 46.3 Å². The zero-order chi connectivity index (χ0) is 21.9. The maximum absolute atomic E-state index is 14.5. The second-order valence-electron chi connectivity index (χ2n) is 7.15. The summed E-state index contributed by atoms with van der Waals surface area (Å²) in [4.78, 5) is 4.56. The zero-order valence-electron chi connectivity index (χ0n) is 17.2. The van der Waals surface area contributed by atoms with E-state index in [4.69, 9.17) is 8.83 Å². The molecule has 3 heterocycles. The van der Waals surface area contributed by atoms with Crippen LogP contribution in [0, 0.1) is 12.7 Å². The van der Waals surface area contributed by atoms with Gasteiger partial charge in [-0.1, -0.05) is 54.2 Å². The number of nitrogens with zero attached hydrogens (tertiary/aromatic N) is 4. The van der Waals surface area contributed by atoms with E-state index in [2.05, 4.69) is 15.2 Å². The Bertz CT molecular complexity index is 1330. The van der Waals surface area contributed by atoms with Crippen molar-refractivity contribution >= 4 is 11.8 Å². The van der Waals surface area contributed by atoms with Crippen LogP contribution in [0.25, 0.3) is 23.0 Å². The molecule has 0 amide bonds. The predicted molar refractivity (Wildman–Crippen MR) is 119 cm³/mol. The van der Waals surface area contributed by atoms with Crippen molar-refractivity contribution in [1.29, 1.82) is 0 Å². The van der Waals surface area contributed by atoms with E-state index in [1.807, 2.05) is 41.8 Å². The fraction of sp³-hybridized carbons (Fsp3) is 0.125. The van der Waals surface area contributed by atoms with Crippen LogP contribution >= 0.6 is 11.8 Å². The van der Waals surface area contributed by atoms with Gasteiger partial charge in [0.15, 0.2) is 16.7 Å². The van der Waals surface area contributed by atoms with E-state index in [0.717, 1.165) is 11.3 Å². The molecule has 5 aromatic rings. The van der Waals surface area contributed by atoms with E-state index in [-0.39, 0.29) is 5.82 Å². The molecule has 0 bridgehead atoms. The van der Waals surface area contributed by atoms with Gasteiger partial charge in [-0.15, -0.1) is 10.2 Å². The number of oxazole rings is 1. The van der Waals surface area contributed by atoms with Crippen molar-refractivity contribution in [2.24, 2.45) is 0 Å². The Hall–Kier alpha value is -3.65. The van der Waals surface area contributed by atoms with Gasteiger partial charge in [-0.3, -0.25) is 4.57 Å². The maximum Gasteiger partial charge on any atom is 0.263 e. The number of benzene rings is 2. The fourth-order valence-electron chi connectivity index (χ4n) is 3.35.